The van der Waals surface area contributed by atoms with E-state index in [0.29, 0.717) is 17.5 Å². The fourth-order valence-electron chi connectivity index (χ4n) is 4.30. The molecule has 4 rings (SSSR count). The minimum atomic E-state index is -0.370. The molecule has 0 spiro atoms. The maximum absolute atomic E-state index is 12.2. The molecule has 0 aromatic carbocycles. The highest BCUT2D eigenvalue weighted by Crippen LogP contribution is 2.42. The first kappa shape index (κ1) is 17.0. The Morgan fingerprint density at radius 3 is 2.65 bits per heavy atom. The van der Waals surface area contributed by atoms with Gasteiger partial charge in [-0.05, 0) is 42.9 Å². The van der Waals surface area contributed by atoms with Gasteiger partial charge in [-0.15, -0.1) is 0 Å². The second kappa shape index (κ2) is 6.72. The number of anilines is 1. The zero-order valence-electron chi connectivity index (χ0n) is 15.2. The van der Waals surface area contributed by atoms with E-state index in [2.05, 4.69) is 15.0 Å². The van der Waals surface area contributed by atoms with Crippen molar-refractivity contribution in [1.82, 2.24) is 19.7 Å². The first-order chi connectivity index (χ1) is 12.5. The summed E-state index contributed by atoms with van der Waals surface area (Å²) in [6, 6.07) is 7.55. The quantitative estimate of drug-likeness (QED) is 0.902. The number of aliphatic hydroxyl groups is 1. The van der Waals surface area contributed by atoms with Crippen molar-refractivity contribution in [3.05, 3.63) is 42.4 Å². The number of hydrogen-bond donors (Lipinski definition) is 1. The lowest BCUT2D eigenvalue weighted by molar-refractivity contribution is 0.0306. The first-order valence-corrected chi connectivity index (χ1v) is 9.14. The Kier molecular flexibility index (Phi) is 4.40. The number of carbonyl (C=O) groups excluding carboxylic acids is 1. The Balaban J connectivity index is 1.50. The van der Waals surface area contributed by atoms with Crippen LogP contribution in [0.25, 0.3) is 0 Å². The molecule has 3 heterocycles. The van der Waals surface area contributed by atoms with Gasteiger partial charge in [0.25, 0.3) is 5.91 Å². The number of nitrogens with zero attached hydrogens (tertiary/aromatic N) is 5. The van der Waals surface area contributed by atoms with Crippen LogP contribution in [0.15, 0.2) is 36.7 Å². The van der Waals surface area contributed by atoms with E-state index in [4.69, 9.17) is 0 Å². The van der Waals surface area contributed by atoms with E-state index in [1.165, 1.54) is 0 Å². The molecular formula is C19H25N5O2. The predicted molar refractivity (Wildman–Crippen MR) is 98.0 cm³/mol. The van der Waals surface area contributed by atoms with Crippen LogP contribution in [-0.2, 0) is 0 Å². The van der Waals surface area contributed by atoms with Crippen molar-refractivity contribution in [2.75, 3.05) is 32.1 Å². The molecular weight excluding hydrogens is 330 g/mol. The molecule has 1 saturated heterocycles. The third-order valence-electron chi connectivity index (χ3n) is 5.66. The molecule has 2 aliphatic rings. The van der Waals surface area contributed by atoms with E-state index in [-0.39, 0.29) is 18.1 Å². The second-order valence-corrected chi connectivity index (χ2v) is 7.60. The minimum Gasteiger partial charge on any atom is -0.391 e. The van der Waals surface area contributed by atoms with Gasteiger partial charge in [0, 0.05) is 39.6 Å². The lowest BCUT2D eigenvalue weighted by Gasteiger charge is -2.35. The Bertz CT molecular complexity index is 776. The lowest BCUT2D eigenvalue weighted by Crippen LogP contribution is -2.36. The number of aliphatic hydroxyl groups excluding tert-OH is 1. The molecule has 138 valence electrons. The van der Waals surface area contributed by atoms with E-state index in [0.717, 1.165) is 31.7 Å². The van der Waals surface area contributed by atoms with Crippen molar-refractivity contribution in [2.45, 2.75) is 25.0 Å². The SMILES string of the molecule is CN(C)C(=O)c1cccc(N2C[C@H]3C[C@@H](n4cccn4)[C@H](O)C[C@H]3C2)n1. The van der Waals surface area contributed by atoms with E-state index in [9.17, 15) is 9.90 Å². The average molecular weight is 355 g/mol. The molecule has 1 amide bonds. The van der Waals surface area contributed by atoms with Crippen LogP contribution in [0.4, 0.5) is 5.82 Å². The van der Waals surface area contributed by atoms with Crippen molar-refractivity contribution in [3.63, 3.8) is 0 Å². The summed E-state index contributed by atoms with van der Waals surface area (Å²) in [6.07, 6.45) is 5.02. The van der Waals surface area contributed by atoms with Gasteiger partial charge in [0.1, 0.15) is 11.5 Å². The van der Waals surface area contributed by atoms with E-state index < -0.39 is 0 Å². The summed E-state index contributed by atoms with van der Waals surface area (Å²) in [4.78, 5) is 20.6. The fraction of sp³-hybridized carbons (Fsp3) is 0.526. The average Bonchev–Trinajstić information content (AvgIpc) is 3.29. The normalized spacial score (nSPS) is 28.0. The van der Waals surface area contributed by atoms with Crippen LogP contribution in [0.1, 0.15) is 29.4 Å². The van der Waals surface area contributed by atoms with E-state index in [1.54, 1.807) is 31.3 Å². The Morgan fingerprint density at radius 1 is 1.19 bits per heavy atom. The van der Waals surface area contributed by atoms with E-state index >= 15 is 0 Å². The summed E-state index contributed by atoms with van der Waals surface area (Å²) in [5.74, 6) is 1.71. The van der Waals surface area contributed by atoms with Crippen LogP contribution in [0.2, 0.25) is 0 Å². The summed E-state index contributed by atoms with van der Waals surface area (Å²) in [6.45, 7) is 1.78. The van der Waals surface area contributed by atoms with Crippen LogP contribution in [0, 0.1) is 11.8 Å². The summed E-state index contributed by atoms with van der Waals surface area (Å²) in [5, 5.41) is 14.9. The molecule has 1 aliphatic heterocycles. The Morgan fingerprint density at radius 2 is 1.96 bits per heavy atom. The molecule has 1 saturated carbocycles. The molecule has 1 aliphatic carbocycles. The van der Waals surface area contributed by atoms with Gasteiger partial charge in [0.15, 0.2) is 0 Å². The highest BCUT2D eigenvalue weighted by Gasteiger charge is 2.42. The van der Waals surface area contributed by atoms with Crippen LogP contribution in [-0.4, -0.2) is 64.0 Å². The maximum atomic E-state index is 12.2. The molecule has 2 aromatic rings. The van der Waals surface area contributed by atoms with Crippen LogP contribution in [0.5, 0.6) is 0 Å². The van der Waals surface area contributed by atoms with Gasteiger partial charge in [-0.1, -0.05) is 6.07 Å². The van der Waals surface area contributed by atoms with Gasteiger partial charge < -0.3 is 14.9 Å². The topological polar surface area (TPSA) is 74.5 Å². The number of aromatic nitrogens is 3. The molecule has 26 heavy (non-hydrogen) atoms. The molecule has 2 fully saturated rings. The molecule has 1 N–H and O–H groups in total. The van der Waals surface area contributed by atoms with Crippen molar-refractivity contribution in [1.29, 1.82) is 0 Å². The Labute approximate surface area is 153 Å². The summed E-state index contributed by atoms with van der Waals surface area (Å²) in [7, 11) is 3.47. The summed E-state index contributed by atoms with van der Waals surface area (Å²) >= 11 is 0. The molecule has 7 nitrogen and oxygen atoms in total. The zero-order valence-corrected chi connectivity index (χ0v) is 15.2. The number of carbonyl (C=O) groups is 1. The summed E-state index contributed by atoms with van der Waals surface area (Å²) in [5.41, 5.74) is 0.469. The smallest absolute Gasteiger partial charge is 0.272 e. The molecule has 7 heteroatoms. The number of pyridine rings is 1. The number of rotatable bonds is 3. The van der Waals surface area contributed by atoms with Crippen LogP contribution in [0.3, 0.4) is 0 Å². The van der Waals surface area contributed by atoms with Crippen molar-refractivity contribution < 1.29 is 9.90 Å². The highest BCUT2D eigenvalue weighted by molar-refractivity contribution is 5.92. The van der Waals surface area contributed by atoms with Gasteiger partial charge in [-0.3, -0.25) is 9.48 Å². The number of hydrogen-bond acceptors (Lipinski definition) is 5. The van der Waals surface area contributed by atoms with Gasteiger partial charge in [-0.2, -0.15) is 5.10 Å². The third-order valence-corrected chi connectivity index (χ3v) is 5.66. The van der Waals surface area contributed by atoms with Gasteiger partial charge in [0.05, 0.1) is 12.1 Å². The predicted octanol–water partition coefficient (Wildman–Crippen LogP) is 1.43. The zero-order chi connectivity index (χ0) is 18.3. The van der Waals surface area contributed by atoms with Crippen molar-refractivity contribution >= 4 is 11.7 Å². The number of amides is 1. The van der Waals surface area contributed by atoms with E-state index in [1.807, 2.05) is 29.1 Å². The lowest BCUT2D eigenvalue weighted by atomic mass is 9.77. The van der Waals surface area contributed by atoms with Gasteiger partial charge >= 0.3 is 0 Å². The summed E-state index contributed by atoms with van der Waals surface area (Å²) < 4.78 is 1.89. The fourth-order valence-corrected chi connectivity index (χ4v) is 4.30. The minimum absolute atomic E-state index is 0.0424. The maximum Gasteiger partial charge on any atom is 0.272 e. The molecule has 0 unspecified atom stereocenters. The third kappa shape index (κ3) is 3.07. The van der Waals surface area contributed by atoms with Crippen molar-refractivity contribution in [2.24, 2.45) is 11.8 Å². The molecule has 4 atom stereocenters. The number of fused-ring (bicyclic) bond motifs is 1. The van der Waals surface area contributed by atoms with Gasteiger partial charge in [0.2, 0.25) is 0 Å². The second-order valence-electron chi connectivity index (χ2n) is 7.60. The molecule has 0 radical (unpaired) electrons. The molecule has 0 bridgehead atoms. The Hall–Kier alpha value is -2.41. The first-order valence-electron chi connectivity index (χ1n) is 9.14. The van der Waals surface area contributed by atoms with Crippen LogP contribution >= 0.6 is 0 Å². The van der Waals surface area contributed by atoms with Crippen molar-refractivity contribution in [3.8, 4) is 0 Å². The standard InChI is InChI=1S/C19H25N5O2/c1-22(2)19(26)15-5-3-6-18(21-15)23-11-13-9-16(24-8-4-7-20-24)17(25)10-14(13)12-23/h3-8,13-14,16-17,25H,9-12H2,1-2H3/t13-,14+,16-,17-/m1/s1. The highest BCUT2D eigenvalue weighted by atomic mass is 16.3. The largest absolute Gasteiger partial charge is 0.391 e. The van der Waals surface area contributed by atoms with Gasteiger partial charge in [-0.25, -0.2) is 4.98 Å². The molecule has 2 aromatic heterocycles. The van der Waals surface area contributed by atoms with Crippen LogP contribution < -0.4 is 4.90 Å². The monoisotopic (exact) mass is 355 g/mol.